The molecule has 1 unspecified atom stereocenters. The maximum Gasteiger partial charge on any atom is 0.324 e. The summed E-state index contributed by atoms with van der Waals surface area (Å²) in [6.07, 6.45) is 0.152. The number of carbonyl (C=O) groups is 1. The summed E-state index contributed by atoms with van der Waals surface area (Å²) in [7, 11) is 1.14. The summed E-state index contributed by atoms with van der Waals surface area (Å²) in [5.74, 6) is -0.489. The monoisotopic (exact) mass is 285 g/mol. The van der Waals surface area contributed by atoms with Crippen molar-refractivity contribution in [3.8, 4) is 0 Å². The first-order valence-electron chi connectivity index (χ1n) is 3.90. The lowest BCUT2D eigenvalue weighted by Crippen LogP contribution is -2.47. The number of thiophene rings is 1. The standard InChI is InChI=1S/C7H5Cl2NO3S2/c8-6-1-4(3-14-6)5-2-7(11)10(5)15(9,12)13/h1,3,5H,2H2. The van der Waals surface area contributed by atoms with Gasteiger partial charge in [-0.2, -0.15) is 8.42 Å². The van der Waals surface area contributed by atoms with Crippen molar-refractivity contribution in [1.29, 1.82) is 0 Å². The van der Waals surface area contributed by atoms with E-state index in [2.05, 4.69) is 0 Å². The Hall–Kier alpha value is -0.300. The molecule has 1 aliphatic rings. The van der Waals surface area contributed by atoms with E-state index in [1.54, 1.807) is 11.4 Å². The molecule has 0 N–H and O–H groups in total. The van der Waals surface area contributed by atoms with Crippen LogP contribution in [-0.4, -0.2) is 18.6 Å². The molecule has 0 spiro atoms. The van der Waals surface area contributed by atoms with Gasteiger partial charge < -0.3 is 0 Å². The Morgan fingerprint density at radius 2 is 2.20 bits per heavy atom. The highest BCUT2D eigenvalue weighted by atomic mass is 35.7. The molecule has 1 fully saturated rings. The predicted octanol–water partition coefficient (Wildman–Crippen LogP) is 2.16. The summed E-state index contributed by atoms with van der Waals surface area (Å²) in [6, 6.07) is 1.14. The Bertz CT molecular complexity index is 510. The first kappa shape index (κ1) is 11.2. The van der Waals surface area contributed by atoms with Gasteiger partial charge in [0.15, 0.2) is 0 Å². The van der Waals surface area contributed by atoms with Gasteiger partial charge in [0.25, 0.3) is 0 Å². The van der Waals surface area contributed by atoms with E-state index in [1.165, 1.54) is 11.3 Å². The third kappa shape index (κ3) is 1.99. The van der Waals surface area contributed by atoms with Gasteiger partial charge in [0.2, 0.25) is 5.91 Å². The van der Waals surface area contributed by atoms with Gasteiger partial charge >= 0.3 is 9.24 Å². The molecule has 8 heteroatoms. The second-order valence-corrected chi connectivity index (χ2v) is 6.97. The summed E-state index contributed by atoms with van der Waals surface area (Å²) in [5, 5.41) is 1.72. The zero-order valence-corrected chi connectivity index (χ0v) is 10.3. The van der Waals surface area contributed by atoms with E-state index in [1.807, 2.05) is 0 Å². The van der Waals surface area contributed by atoms with Crippen LogP contribution in [0.15, 0.2) is 11.4 Å². The molecule has 82 valence electrons. The van der Waals surface area contributed by atoms with Crippen LogP contribution in [0.4, 0.5) is 0 Å². The Morgan fingerprint density at radius 3 is 2.60 bits per heavy atom. The molecule has 0 bridgehead atoms. The van der Waals surface area contributed by atoms with Crippen LogP contribution in [0, 0.1) is 0 Å². The third-order valence-corrected chi connectivity index (χ3v) is 4.59. The van der Waals surface area contributed by atoms with E-state index >= 15 is 0 Å². The highest BCUT2D eigenvalue weighted by Gasteiger charge is 2.44. The number of halogens is 2. The molecule has 1 amide bonds. The zero-order valence-electron chi connectivity index (χ0n) is 7.18. The molecule has 2 rings (SSSR count). The Kier molecular flexibility index (Phi) is 2.70. The van der Waals surface area contributed by atoms with Gasteiger partial charge in [-0.1, -0.05) is 11.6 Å². The maximum absolute atomic E-state index is 11.1. The average Bonchev–Trinajstić information content (AvgIpc) is 2.43. The van der Waals surface area contributed by atoms with E-state index < -0.39 is 21.2 Å². The van der Waals surface area contributed by atoms with Crippen LogP contribution in [0.3, 0.4) is 0 Å². The fourth-order valence-corrected chi connectivity index (χ4v) is 3.70. The summed E-state index contributed by atoms with van der Waals surface area (Å²) >= 11 is 7.00. The molecule has 1 aromatic heterocycles. The van der Waals surface area contributed by atoms with Crippen LogP contribution in [-0.2, 0) is 14.0 Å². The lowest BCUT2D eigenvalue weighted by Gasteiger charge is -2.36. The maximum atomic E-state index is 11.1. The van der Waals surface area contributed by atoms with Crippen LogP contribution in [0.5, 0.6) is 0 Å². The Balaban J connectivity index is 2.30. The topological polar surface area (TPSA) is 54.5 Å². The lowest BCUT2D eigenvalue weighted by molar-refractivity contribution is -0.137. The Morgan fingerprint density at radius 1 is 1.53 bits per heavy atom. The third-order valence-electron chi connectivity index (χ3n) is 2.10. The molecule has 1 aliphatic heterocycles. The van der Waals surface area contributed by atoms with E-state index in [9.17, 15) is 13.2 Å². The SMILES string of the molecule is O=C1CC(c2csc(Cl)c2)N1S(=O)(=O)Cl. The van der Waals surface area contributed by atoms with Gasteiger partial charge in [-0.3, -0.25) is 4.79 Å². The second-order valence-electron chi connectivity index (χ2n) is 3.04. The highest BCUT2D eigenvalue weighted by molar-refractivity contribution is 8.12. The van der Waals surface area contributed by atoms with Crippen LogP contribution < -0.4 is 0 Å². The van der Waals surface area contributed by atoms with Crippen molar-refractivity contribution in [2.75, 3.05) is 0 Å². The van der Waals surface area contributed by atoms with Crippen molar-refractivity contribution in [2.45, 2.75) is 12.5 Å². The molecule has 4 nitrogen and oxygen atoms in total. The lowest BCUT2D eigenvalue weighted by atomic mass is 10.0. The van der Waals surface area contributed by atoms with Crippen LogP contribution in [0.1, 0.15) is 18.0 Å². The predicted molar refractivity (Wildman–Crippen MR) is 58.3 cm³/mol. The van der Waals surface area contributed by atoms with Crippen molar-refractivity contribution >= 4 is 48.8 Å². The van der Waals surface area contributed by atoms with E-state index in [0.717, 1.165) is 0 Å². The quantitative estimate of drug-likeness (QED) is 0.618. The molecule has 2 heterocycles. The number of hydrogen-bond acceptors (Lipinski definition) is 4. The van der Waals surface area contributed by atoms with Gasteiger partial charge in [-0.05, 0) is 17.0 Å². The molecule has 1 aromatic rings. The van der Waals surface area contributed by atoms with E-state index in [-0.39, 0.29) is 6.42 Å². The number of hydrogen-bond donors (Lipinski definition) is 0. The van der Waals surface area contributed by atoms with Crippen LogP contribution >= 0.6 is 33.6 Å². The summed E-state index contributed by atoms with van der Waals surface area (Å²) in [4.78, 5) is 11.1. The molecule has 0 radical (unpaired) electrons. The number of amides is 1. The summed E-state index contributed by atoms with van der Waals surface area (Å²) in [5.41, 5.74) is 0.703. The molecular formula is C7H5Cl2NO3S2. The molecule has 0 aromatic carbocycles. The molecule has 1 atom stereocenters. The Labute approximate surface area is 100.0 Å². The molecule has 0 saturated carbocycles. The normalized spacial score (nSPS) is 21.6. The summed E-state index contributed by atoms with van der Waals surface area (Å²) in [6.45, 7) is 0. The van der Waals surface area contributed by atoms with Gasteiger partial charge in [-0.15, -0.1) is 11.3 Å². The number of β-lactam (4-membered cyclic amide) rings is 1. The van der Waals surface area contributed by atoms with Gasteiger partial charge in [0, 0.05) is 10.7 Å². The first-order chi connectivity index (χ1) is 6.89. The fourth-order valence-electron chi connectivity index (χ4n) is 1.42. The minimum absolute atomic E-state index is 0.152. The van der Waals surface area contributed by atoms with E-state index in [4.69, 9.17) is 22.3 Å². The minimum Gasteiger partial charge on any atom is -0.274 e. The van der Waals surface area contributed by atoms with Crippen molar-refractivity contribution in [2.24, 2.45) is 0 Å². The molecule has 0 aliphatic carbocycles. The van der Waals surface area contributed by atoms with Crippen molar-refractivity contribution in [3.63, 3.8) is 0 Å². The smallest absolute Gasteiger partial charge is 0.274 e. The zero-order chi connectivity index (χ0) is 11.2. The van der Waals surface area contributed by atoms with Gasteiger partial charge in [-0.25, -0.2) is 4.31 Å². The van der Waals surface area contributed by atoms with Gasteiger partial charge in [0.1, 0.15) is 0 Å². The number of carbonyl (C=O) groups excluding carboxylic acids is 1. The van der Waals surface area contributed by atoms with Crippen LogP contribution in [0.2, 0.25) is 4.34 Å². The fraction of sp³-hybridized carbons (Fsp3) is 0.286. The molecular weight excluding hydrogens is 281 g/mol. The second kappa shape index (κ2) is 3.62. The highest BCUT2D eigenvalue weighted by Crippen LogP contribution is 2.40. The summed E-state index contributed by atoms with van der Waals surface area (Å²) < 4.78 is 23.3. The van der Waals surface area contributed by atoms with Crippen molar-refractivity contribution in [1.82, 2.24) is 4.31 Å². The van der Waals surface area contributed by atoms with Gasteiger partial charge in [0.05, 0.1) is 16.8 Å². The number of nitrogens with zero attached hydrogens (tertiary/aromatic N) is 1. The molecule has 1 saturated heterocycles. The van der Waals surface area contributed by atoms with E-state index in [0.29, 0.717) is 14.2 Å². The van der Waals surface area contributed by atoms with Crippen molar-refractivity contribution in [3.05, 3.63) is 21.3 Å². The van der Waals surface area contributed by atoms with Crippen LogP contribution in [0.25, 0.3) is 0 Å². The first-order valence-corrected chi connectivity index (χ1v) is 7.43. The molecule has 15 heavy (non-hydrogen) atoms. The average molecular weight is 286 g/mol. The minimum atomic E-state index is -3.99. The van der Waals surface area contributed by atoms with Crippen molar-refractivity contribution < 1.29 is 13.2 Å². The largest absolute Gasteiger partial charge is 0.324 e. The number of rotatable bonds is 2.